The van der Waals surface area contributed by atoms with Crippen LogP contribution in [0.2, 0.25) is 0 Å². The lowest BCUT2D eigenvalue weighted by atomic mass is 10.2. The number of aryl methyl sites for hydroxylation is 1. The normalized spacial score (nSPS) is 12.0. The predicted octanol–water partition coefficient (Wildman–Crippen LogP) is 2.77. The van der Waals surface area contributed by atoms with Gasteiger partial charge in [0.15, 0.2) is 0 Å². The molecule has 96 valence electrons. The Kier molecular flexibility index (Phi) is 2.76. The number of carboxylic acids is 1. The summed E-state index contributed by atoms with van der Waals surface area (Å²) in [4.78, 5) is 14.3. The van der Waals surface area contributed by atoms with Gasteiger partial charge in [0.25, 0.3) is 0 Å². The van der Waals surface area contributed by atoms with Crippen molar-refractivity contribution in [1.82, 2.24) is 9.55 Å². The molecule has 0 aliphatic rings. The van der Waals surface area contributed by atoms with Gasteiger partial charge in [-0.3, -0.25) is 0 Å². The van der Waals surface area contributed by atoms with Gasteiger partial charge in [-0.05, 0) is 25.1 Å². The number of nitrogens with zero attached hydrogens (tertiary/aromatic N) is 2. The molecule has 0 radical (unpaired) electrons. The molecule has 0 atom stereocenters. The molecule has 1 heterocycles. The van der Waals surface area contributed by atoms with E-state index in [0.29, 0.717) is 0 Å². The van der Waals surface area contributed by atoms with E-state index in [0.717, 1.165) is 4.57 Å². The summed E-state index contributed by atoms with van der Waals surface area (Å²) in [6.45, 7) is 1.61. The lowest BCUT2D eigenvalue weighted by molar-refractivity contribution is -0.146. The van der Waals surface area contributed by atoms with Crippen LogP contribution in [0.1, 0.15) is 23.1 Å². The average molecular weight is 258 g/mol. The molecule has 0 spiro atoms. The Morgan fingerprint density at radius 1 is 1.44 bits per heavy atom. The Hall–Kier alpha value is -2.05. The number of aromatic carboxylic acids is 1. The molecule has 1 aromatic carbocycles. The van der Waals surface area contributed by atoms with Crippen molar-refractivity contribution in [2.75, 3.05) is 0 Å². The van der Waals surface area contributed by atoms with E-state index < -0.39 is 18.0 Å². The number of benzene rings is 1. The Balaban J connectivity index is 2.74. The number of carbonyl (C=O) groups is 1. The Morgan fingerprint density at radius 3 is 2.61 bits per heavy atom. The highest BCUT2D eigenvalue weighted by Crippen LogP contribution is 2.31. The first-order chi connectivity index (χ1) is 8.34. The molecule has 0 aliphatic carbocycles. The minimum absolute atomic E-state index is 0.0639. The highest BCUT2D eigenvalue weighted by Gasteiger charge is 2.37. The van der Waals surface area contributed by atoms with Crippen LogP contribution >= 0.6 is 0 Å². The molecule has 2 aromatic rings. The molecule has 1 N–H and O–H groups in total. The van der Waals surface area contributed by atoms with Crippen LogP contribution in [-0.4, -0.2) is 20.6 Å². The molecular weight excluding hydrogens is 249 g/mol. The van der Waals surface area contributed by atoms with Crippen molar-refractivity contribution in [2.45, 2.75) is 19.6 Å². The van der Waals surface area contributed by atoms with Crippen LogP contribution in [0.3, 0.4) is 0 Å². The SMILES string of the molecule is CCn1c(C(F)(F)F)nc2ccc(C(=O)O)cc21. The number of imidazole rings is 1. The van der Waals surface area contributed by atoms with Crippen LogP contribution < -0.4 is 0 Å². The molecule has 0 unspecified atom stereocenters. The maximum Gasteiger partial charge on any atom is 0.449 e. The number of hydrogen-bond donors (Lipinski definition) is 1. The average Bonchev–Trinajstić information content (AvgIpc) is 2.65. The minimum atomic E-state index is -4.56. The fourth-order valence-electron chi connectivity index (χ4n) is 1.79. The first kappa shape index (κ1) is 12.4. The number of rotatable bonds is 2. The van der Waals surface area contributed by atoms with Crippen molar-refractivity contribution in [3.63, 3.8) is 0 Å². The van der Waals surface area contributed by atoms with Gasteiger partial charge >= 0.3 is 12.1 Å². The molecule has 0 saturated carbocycles. The summed E-state index contributed by atoms with van der Waals surface area (Å²) in [6.07, 6.45) is -4.56. The van der Waals surface area contributed by atoms with Gasteiger partial charge < -0.3 is 9.67 Å². The van der Waals surface area contributed by atoms with E-state index in [1.54, 1.807) is 6.92 Å². The second-order valence-electron chi connectivity index (χ2n) is 3.69. The van der Waals surface area contributed by atoms with Gasteiger partial charge in [-0.15, -0.1) is 0 Å². The highest BCUT2D eigenvalue weighted by atomic mass is 19.4. The summed E-state index contributed by atoms with van der Waals surface area (Å²) >= 11 is 0. The van der Waals surface area contributed by atoms with Gasteiger partial charge in [-0.1, -0.05) is 0 Å². The van der Waals surface area contributed by atoms with Crippen LogP contribution in [0, 0.1) is 0 Å². The second-order valence-corrected chi connectivity index (χ2v) is 3.69. The molecule has 0 aliphatic heterocycles. The zero-order valence-corrected chi connectivity index (χ0v) is 9.32. The molecule has 2 rings (SSSR count). The summed E-state index contributed by atoms with van der Waals surface area (Å²) in [5, 5.41) is 8.82. The van der Waals surface area contributed by atoms with E-state index in [-0.39, 0.29) is 23.1 Å². The Bertz CT molecular complexity index is 617. The monoisotopic (exact) mass is 258 g/mol. The third kappa shape index (κ3) is 1.92. The van der Waals surface area contributed by atoms with Crippen molar-refractivity contribution in [2.24, 2.45) is 0 Å². The van der Waals surface area contributed by atoms with Crippen molar-refractivity contribution >= 4 is 17.0 Å². The van der Waals surface area contributed by atoms with Crippen molar-refractivity contribution < 1.29 is 23.1 Å². The molecule has 4 nitrogen and oxygen atoms in total. The zero-order valence-electron chi connectivity index (χ0n) is 9.32. The molecule has 0 bridgehead atoms. The third-order valence-corrected chi connectivity index (χ3v) is 2.56. The van der Waals surface area contributed by atoms with E-state index in [9.17, 15) is 18.0 Å². The Labute approximate surface area is 99.7 Å². The smallest absolute Gasteiger partial charge is 0.449 e. The number of alkyl halides is 3. The van der Waals surface area contributed by atoms with E-state index in [1.165, 1.54) is 18.2 Å². The fourth-order valence-corrected chi connectivity index (χ4v) is 1.79. The molecule has 7 heteroatoms. The Morgan fingerprint density at radius 2 is 2.11 bits per heavy atom. The minimum Gasteiger partial charge on any atom is -0.478 e. The van der Waals surface area contributed by atoms with Crippen LogP contribution in [0.25, 0.3) is 11.0 Å². The van der Waals surface area contributed by atoms with Crippen molar-refractivity contribution in [3.8, 4) is 0 Å². The first-order valence-electron chi connectivity index (χ1n) is 5.15. The number of carboxylic acid groups (broad SMARTS) is 1. The van der Waals surface area contributed by atoms with E-state index in [4.69, 9.17) is 5.11 Å². The van der Waals surface area contributed by atoms with Gasteiger partial charge in [0, 0.05) is 6.54 Å². The second kappa shape index (κ2) is 4.01. The molecule has 1 aromatic heterocycles. The highest BCUT2D eigenvalue weighted by molar-refractivity contribution is 5.92. The van der Waals surface area contributed by atoms with Gasteiger partial charge in [-0.2, -0.15) is 13.2 Å². The topological polar surface area (TPSA) is 55.1 Å². The molecule has 0 amide bonds. The molecule has 0 saturated heterocycles. The third-order valence-electron chi connectivity index (χ3n) is 2.56. The van der Waals surface area contributed by atoms with Gasteiger partial charge in [0.1, 0.15) is 0 Å². The van der Waals surface area contributed by atoms with E-state index in [1.807, 2.05) is 0 Å². The summed E-state index contributed by atoms with van der Waals surface area (Å²) in [7, 11) is 0. The fraction of sp³-hybridized carbons (Fsp3) is 0.273. The quantitative estimate of drug-likeness (QED) is 0.901. The van der Waals surface area contributed by atoms with Crippen LogP contribution in [0.4, 0.5) is 13.2 Å². The lowest BCUT2D eigenvalue weighted by Gasteiger charge is -2.08. The summed E-state index contributed by atoms with van der Waals surface area (Å²) in [5.41, 5.74) is 0.240. The zero-order chi connectivity index (χ0) is 13.5. The van der Waals surface area contributed by atoms with Gasteiger partial charge in [0.05, 0.1) is 16.6 Å². The number of aromatic nitrogens is 2. The molecular formula is C11H9F3N2O2. The number of fused-ring (bicyclic) bond motifs is 1. The lowest BCUT2D eigenvalue weighted by Crippen LogP contribution is -2.14. The van der Waals surface area contributed by atoms with Crippen molar-refractivity contribution in [1.29, 1.82) is 0 Å². The van der Waals surface area contributed by atoms with Gasteiger partial charge in [0.2, 0.25) is 5.82 Å². The maximum atomic E-state index is 12.7. The molecule has 0 fully saturated rings. The standard InChI is InChI=1S/C11H9F3N2O2/c1-2-16-8-5-6(9(17)18)3-4-7(8)15-10(16)11(12,13)14/h3-5H,2H2,1H3,(H,17,18). The first-order valence-corrected chi connectivity index (χ1v) is 5.15. The summed E-state index contributed by atoms with van der Waals surface area (Å²) in [5.74, 6) is -2.20. The van der Waals surface area contributed by atoms with Crippen LogP contribution in [-0.2, 0) is 12.7 Å². The maximum absolute atomic E-state index is 12.7. The molecule has 18 heavy (non-hydrogen) atoms. The summed E-state index contributed by atoms with van der Waals surface area (Å²) < 4.78 is 39.2. The van der Waals surface area contributed by atoms with E-state index >= 15 is 0 Å². The largest absolute Gasteiger partial charge is 0.478 e. The van der Waals surface area contributed by atoms with Crippen LogP contribution in [0.15, 0.2) is 18.2 Å². The van der Waals surface area contributed by atoms with Crippen molar-refractivity contribution in [3.05, 3.63) is 29.6 Å². The predicted molar refractivity (Wildman–Crippen MR) is 57.4 cm³/mol. The number of hydrogen-bond acceptors (Lipinski definition) is 2. The van der Waals surface area contributed by atoms with Crippen LogP contribution in [0.5, 0.6) is 0 Å². The van der Waals surface area contributed by atoms with E-state index in [2.05, 4.69) is 4.98 Å². The van der Waals surface area contributed by atoms with Gasteiger partial charge in [-0.25, -0.2) is 9.78 Å². The number of halogens is 3. The summed E-state index contributed by atoms with van der Waals surface area (Å²) in [6, 6.07) is 3.71.